The fraction of sp³-hybridized carbons (Fsp3) is 0.143. The molecule has 0 saturated heterocycles. The molecular weight excluding hydrogens is 252 g/mol. The van der Waals surface area contributed by atoms with Crippen LogP contribution < -0.4 is 16.4 Å². The quantitative estimate of drug-likeness (QED) is 0.616. The second-order valence-electron chi connectivity index (χ2n) is 4.91. The summed E-state index contributed by atoms with van der Waals surface area (Å²) >= 11 is 0. The van der Waals surface area contributed by atoms with E-state index in [4.69, 9.17) is 11.5 Å². The summed E-state index contributed by atoms with van der Waals surface area (Å²) < 4.78 is 0. The number of aromatic nitrogens is 3. The first-order valence-electron chi connectivity index (χ1n) is 6.23. The number of aromatic amines is 1. The molecule has 2 heterocycles. The molecule has 0 unspecified atom stereocenters. The Balaban J connectivity index is 2.12. The fourth-order valence-electron chi connectivity index (χ4n) is 2.08. The maximum absolute atomic E-state index is 5.81. The summed E-state index contributed by atoms with van der Waals surface area (Å²) in [5.41, 5.74) is 15.3. The van der Waals surface area contributed by atoms with E-state index in [-0.39, 0.29) is 0 Å². The average Bonchev–Trinajstić information content (AvgIpc) is 2.80. The number of imidazole rings is 1. The van der Waals surface area contributed by atoms with E-state index in [9.17, 15) is 0 Å². The van der Waals surface area contributed by atoms with Gasteiger partial charge in [0.2, 0.25) is 0 Å². The van der Waals surface area contributed by atoms with Crippen molar-refractivity contribution in [2.24, 2.45) is 0 Å². The number of anilines is 3. The van der Waals surface area contributed by atoms with E-state index in [0.717, 1.165) is 16.9 Å². The van der Waals surface area contributed by atoms with Gasteiger partial charge in [-0.1, -0.05) is 0 Å². The van der Waals surface area contributed by atoms with Crippen molar-refractivity contribution >= 4 is 28.4 Å². The molecule has 5 N–H and O–H groups in total. The molecule has 102 valence electrons. The molecule has 6 nitrogen and oxygen atoms in total. The first-order valence-corrected chi connectivity index (χ1v) is 6.23. The third-order valence-corrected chi connectivity index (χ3v) is 3.04. The number of hydrogen-bond donors (Lipinski definition) is 3. The van der Waals surface area contributed by atoms with Gasteiger partial charge in [0.15, 0.2) is 5.65 Å². The predicted octanol–water partition coefficient (Wildman–Crippen LogP) is 1.86. The van der Waals surface area contributed by atoms with Crippen LogP contribution in [0.4, 0.5) is 17.2 Å². The van der Waals surface area contributed by atoms with Crippen molar-refractivity contribution in [2.75, 3.05) is 30.5 Å². The number of H-pyrrole nitrogens is 1. The normalized spacial score (nSPS) is 10.9. The summed E-state index contributed by atoms with van der Waals surface area (Å²) in [6.07, 6.45) is 0. The molecule has 0 bridgehead atoms. The van der Waals surface area contributed by atoms with Crippen LogP contribution in [0.2, 0.25) is 0 Å². The fourth-order valence-corrected chi connectivity index (χ4v) is 2.08. The summed E-state index contributed by atoms with van der Waals surface area (Å²) in [6.45, 7) is 0. The number of nitrogens with two attached hydrogens (primary N) is 2. The molecule has 0 spiro atoms. The zero-order valence-corrected chi connectivity index (χ0v) is 11.4. The number of hydrogen-bond acceptors (Lipinski definition) is 5. The Labute approximate surface area is 116 Å². The van der Waals surface area contributed by atoms with Crippen LogP contribution in [0.1, 0.15) is 0 Å². The van der Waals surface area contributed by atoms with Crippen LogP contribution in [-0.4, -0.2) is 29.0 Å². The molecule has 0 fully saturated rings. The molecule has 3 rings (SSSR count). The van der Waals surface area contributed by atoms with Crippen molar-refractivity contribution in [1.29, 1.82) is 0 Å². The molecule has 0 aliphatic heterocycles. The Morgan fingerprint density at radius 2 is 1.70 bits per heavy atom. The molecule has 0 aliphatic carbocycles. The van der Waals surface area contributed by atoms with Gasteiger partial charge in [0.1, 0.15) is 11.6 Å². The first-order chi connectivity index (χ1) is 9.52. The number of fused-ring (bicyclic) bond motifs is 1. The Hall–Kier alpha value is -2.76. The third kappa shape index (κ3) is 2.11. The summed E-state index contributed by atoms with van der Waals surface area (Å²) in [4.78, 5) is 14.2. The summed E-state index contributed by atoms with van der Waals surface area (Å²) in [5, 5.41) is 0. The number of benzene rings is 1. The standard InChI is InChI=1S/C14H16N6/c1-20(2)12-4-3-11-14(18-12)19-13(17-11)8-5-9(15)7-10(16)6-8/h3-7H,15-16H2,1-2H3,(H,17,18,19). The van der Waals surface area contributed by atoms with Gasteiger partial charge in [0.05, 0.1) is 5.52 Å². The number of rotatable bonds is 2. The van der Waals surface area contributed by atoms with E-state index >= 15 is 0 Å². The van der Waals surface area contributed by atoms with Crippen molar-refractivity contribution in [3.05, 3.63) is 30.3 Å². The van der Waals surface area contributed by atoms with Gasteiger partial charge < -0.3 is 21.4 Å². The minimum atomic E-state index is 0.613. The lowest BCUT2D eigenvalue weighted by atomic mass is 10.1. The predicted molar refractivity (Wildman–Crippen MR) is 82.5 cm³/mol. The van der Waals surface area contributed by atoms with Crippen LogP contribution in [0.5, 0.6) is 0 Å². The molecule has 0 aliphatic rings. The van der Waals surface area contributed by atoms with E-state index < -0.39 is 0 Å². The summed E-state index contributed by atoms with van der Waals surface area (Å²) in [7, 11) is 3.89. The average molecular weight is 268 g/mol. The molecule has 0 radical (unpaired) electrons. The van der Waals surface area contributed by atoms with Gasteiger partial charge in [0, 0.05) is 31.0 Å². The first kappa shape index (κ1) is 12.3. The second-order valence-corrected chi connectivity index (χ2v) is 4.91. The van der Waals surface area contributed by atoms with Gasteiger partial charge in [-0.3, -0.25) is 0 Å². The molecule has 6 heteroatoms. The highest BCUT2D eigenvalue weighted by atomic mass is 15.1. The Morgan fingerprint density at radius 3 is 2.35 bits per heavy atom. The highest BCUT2D eigenvalue weighted by Crippen LogP contribution is 2.25. The van der Waals surface area contributed by atoms with Gasteiger partial charge in [-0.2, -0.15) is 0 Å². The largest absolute Gasteiger partial charge is 0.399 e. The van der Waals surface area contributed by atoms with Crippen molar-refractivity contribution in [1.82, 2.24) is 15.0 Å². The van der Waals surface area contributed by atoms with E-state index in [1.54, 1.807) is 6.07 Å². The van der Waals surface area contributed by atoms with Crippen molar-refractivity contribution in [3.8, 4) is 11.4 Å². The smallest absolute Gasteiger partial charge is 0.180 e. The Morgan fingerprint density at radius 1 is 1.00 bits per heavy atom. The highest BCUT2D eigenvalue weighted by Gasteiger charge is 2.09. The minimum Gasteiger partial charge on any atom is -0.399 e. The van der Waals surface area contributed by atoms with Crippen LogP contribution >= 0.6 is 0 Å². The van der Waals surface area contributed by atoms with Gasteiger partial charge in [0.25, 0.3) is 0 Å². The maximum atomic E-state index is 5.81. The van der Waals surface area contributed by atoms with E-state index in [0.29, 0.717) is 22.8 Å². The van der Waals surface area contributed by atoms with E-state index in [1.807, 2.05) is 43.3 Å². The second kappa shape index (κ2) is 4.41. The molecule has 20 heavy (non-hydrogen) atoms. The molecule has 0 atom stereocenters. The molecule has 1 aromatic carbocycles. The maximum Gasteiger partial charge on any atom is 0.180 e. The SMILES string of the molecule is CN(C)c1ccc2[nH]c(-c3cc(N)cc(N)c3)nc2n1. The molecular formula is C14H16N6. The summed E-state index contributed by atoms with van der Waals surface area (Å²) in [5.74, 6) is 1.57. The topological polar surface area (TPSA) is 96.8 Å². The Bertz CT molecular complexity index is 754. The van der Waals surface area contributed by atoms with Crippen LogP contribution in [0.25, 0.3) is 22.6 Å². The van der Waals surface area contributed by atoms with Crippen molar-refractivity contribution in [3.63, 3.8) is 0 Å². The minimum absolute atomic E-state index is 0.613. The van der Waals surface area contributed by atoms with Gasteiger partial charge >= 0.3 is 0 Å². The van der Waals surface area contributed by atoms with E-state index in [2.05, 4.69) is 15.0 Å². The lowest BCUT2D eigenvalue weighted by Crippen LogP contribution is -2.10. The molecule has 0 saturated carbocycles. The number of pyridine rings is 1. The number of nitrogens with one attached hydrogen (secondary N) is 1. The lowest BCUT2D eigenvalue weighted by molar-refractivity contribution is 1.08. The third-order valence-electron chi connectivity index (χ3n) is 3.04. The van der Waals surface area contributed by atoms with E-state index in [1.165, 1.54) is 0 Å². The summed E-state index contributed by atoms with van der Waals surface area (Å²) in [6, 6.07) is 9.29. The molecule has 0 amide bonds. The number of nitrogen functional groups attached to an aromatic ring is 2. The van der Waals surface area contributed by atoms with Crippen LogP contribution in [0, 0.1) is 0 Å². The van der Waals surface area contributed by atoms with Gasteiger partial charge in [-0.15, -0.1) is 0 Å². The van der Waals surface area contributed by atoms with Crippen molar-refractivity contribution < 1.29 is 0 Å². The number of nitrogens with zero attached hydrogens (tertiary/aromatic N) is 3. The lowest BCUT2D eigenvalue weighted by Gasteiger charge is -2.09. The van der Waals surface area contributed by atoms with Gasteiger partial charge in [-0.05, 0) is 30.3 Å². The zero-order valence-electron chi connectivity index (χ0n) is 11.4. The molecule has 2 aromatic heterocycles. The van der Waals surface area contributed by atoms with Crippen LogP contribution in [-0.2, 0) is 0 Å². The van der Waals surface area contributed by atoms with Crippen LogP contribution in [0.15, 0.2) is 30.3 Å². The Kier molecular flexibility index (Phi) is 2.71. The highest BCUT2D eigenvalue weighted by molar-refractivity contribution is 5.79. The van der Waals surface area contributed by atoms with Crippen molar-refractivity contribution in [2.45, 2.75) is 0 Å². The molecule has 3 aromatic rings. The monoisotopic (exact) mass is 268 g/mol. The van der Waals surface area contributed by atoms with Crippen LogP contribution in [0.3, 0.4) is 0 Å². The van der Waals surface area contributed by atoms with Gasteiger partial charge in [-0.25, -0.2) is 9.97 Å². The zero-order chi connectivity index (χ0) is 14.3.